The predicted molar refractivity (Wildman–Crippen MR) is 77.3 cm³/mol. The summed E-state index contributed by atoms with van der Waals surface area (Å²) in [6, 6.07) is 1.64. The summed E-state index contributed by atoms with van der Waals surface area (Å²) in [6.45, 7) is 4.27. The molecule has 1 aliphatic rings. The minimum atomic E-state index is -1.23. The molecule has 0 spiro atoms. The third-order valence-electron chi connectivity index (χ3n) is 4.38. The Morgan fingerprint density at radius 3 is 2.25 bits per heavy atom. The van der Waals surface area contributed by atoms with Crippen LogP contribution in [-0.2, 0) is 0 Å². The van der Waals surface area contributed by atoms with Crippen LogP contribution in [0.2, 0.25) is 0 Å². The van der Waals surface area contributed by atoms with E-state index in [0.717, 1.165) is 32.1 Å². The molecule has 1 saturated carbocycles. The molecule has 3 unspecified atom stereocenters. The quantitative estimate of drug-likeness (QED) is 0.640. The third kappa shape index (κ3) is 4.78. The lowest BCUT2D eigenvalue weighted by Crippen LogP contribution is -2.37. The molecule has 1 rings (SSSR count). The second-order valence-corrected chi connectivity index (χ2v) is 5.86. The van der Waals surface area contributed by atoms with E-state index < -0.39 is 18.3 Å². The fourth-order valence-corrected chi connectivity index (χ4v) is 3.33. The van der Waals surface area contributed by atoms with Crippen molar-refractivity contribution in [2.75, 3.05) is 0 Å². The number of nitrogens with zero attached hydrogens (tertiary/aromatic N) is 1. The first kappa shape index (κ1) is 17.0. The molecule has 0 N–H and O–H groups in total. The fourth-order valence-electron chi connectivity index (χ4n) is 3.33. The molecular weight excluding hydrogens is 256 g/mol. The van der Waals surface area contributed by atoms with Crippen molar-refractivity contribution in [2.24, 2.45) is 17.8 Å². The Labute approximate surface area is 121 Å². The maximum Gasteiger partial charge on any atom is 0.152 e. The number of halogens is 2. The van der Waals surface area contributed by atoms with E-state index >= 15 is 0 Å². The van der Waals surface area contributed by atoms with E-state index in [1.54, 1.807) is 6.07 Å². The number of unbranched alkanes of at least 4 members (excludes halogenated alkanes) is 1. The van der Waals surface area contributed by atoms with Crippen molar-refractivity contribution in [1.82, 2.24) is 0 Å². The van der Waals surface area contributed by atoms with Crippen molar-refractivity contribution in [2.45, 2.75) is 71.1 Å². The smallest absolute Gasteiger partial charge is 0.152 e. The lowest BCUT2D eigenvalue weighted by molar-refractivity contribution is 0.0472. The maximum atomic E-state index is 14.1. The molecule has 20 heavy (non-hydrogen) atoms. The highest BCUT2D eigenvalue weighted by molar-refractivity contribution is 5.21. The normalized spacial score (nSPS) is 30.9. The third-order valence-corrected chi connectivity index (χ3v) is 4.38. The Hall–Kier alpha value is -1.09. The van der Waals surface area contributed by atoms with Crippen LogP contribution in [0.4, 0.5) is 8.78 Å². The highest BCUT2D eigenvalue weighted by atomic mass is 19.1. The Balaban J connectivity index is 2.68. The Kier molecular flexibility index (Phi) is 7.60. The SMILES string of the molecule is CCCCC(CCC)C1CC(F)C(C#CC#N)C(F)C1. The minimum Gasteiger partial charge on any atom is -0.246 e. The molecule has 0 radical (unpaired) electrons. The summed E-state index contributed by atoms with van der Waals surface area (Å²) >= 11 is 0. The van der Waals surface area contributed by atoms with Crippen molar-refractivity contribution in [3.05, 3.63) is 0 Å². The van der Waals surface area contributed by atoms with Gasteiger partial charge in [0.05, 0.1) is 5.92 Å². The van der Waals surface area contributed by atoms with Crippen molar-refractivity contribution < 1.29 is 8.78 Å². The van der Waals surface area contributed by atoms with Gasteiger partial charge in [-0.3, -0.25) is 0 Å². The molecule has 0 aromatic carbocycles. The van der Waals surface area contributed by atoms with Gasteiger partial charge in [0.15, 0.2) is 6.07 Å². The molecule has 1 fully saturated rings. The lowest BCUT2D eigenvalue weighted by atomic mass is 9.71. The van der Waals surface area contributed by atoms with E-state index in [1.165, 1.54) is 0 Å². The van der Waals surface area contributed by atoms with Crippen LogP contribution >= 0.6 is 0 Å². The molecule has 0 aromatic heterocycles. The number of alkyl halides is 2. The maximum absolute atomic E-state index is 14.1. The zero-order chi connectivity index (χ0) is 15.0. The molecule has 112 valence electrons. The van der Waals surface area contributed by atoms with E-state index in [-0.39, 0.29) is 5.92 Å². The van der Waals surface area contributed by atoms with Crippen molar-refractivity contribution >= 4 is 0 Å². The van der Waals surface area contributed by atoms with Crippen molar-refractivity contribution in [1.29, 1.82) is 5.26 Å². The van der Waals surface area contributed by atoms with Gasteiger partial charge in [-0.1, -0.05) is 51.9 Å². The largest absolute Gasteiger partial charge is 0.246 e. The molecule has 3 heteroatoms. The van der Waals surface area contributed by atoms with Gasteiger partial charge in [-0.2, -0.15) is 5.26 Å². The highest BCUT2D eigenvalue weighted by Gasteiger charge is 2.39. The van der Waals surface area contributed by atoms with Gasteiger partial charge in [0.25, 0.3) is 0 Å². The number of hydrogen-bond acceptors (Lipinski definition) is 1. The van der Waals surface area contributed by atoms with Crippen LogP contribution in [-0.4, -0.2) is 12.3 Å². The number of rotatable bonds is 6. The summed E-state index contributed by atoms with van der Waals surface area (Å²) in [7, 11) is 0. The molecule has 0 heterocycles. The first-order valence-electron chi connectivity index (χ1n) is 7.81. The van der Waals surface area contributed by atoms with Gasteiger partial charge in [-0.15, -0.1) is 0 Å². The zero-order valence-electron chi connectivity index (χ0n) is 12.5. The predicted octanol–water partition coefficient (Wildman–Crippen LogP) is 4.82. The van der Waals surface area contributed by atoms with Gasteiger partial charge in [-0.05, 0) is 24.7 Å². The monoisotopic (exact) mass is 281 g/mol. The molecule has 1 nitrogen and oxygen atoms in total. The average molecular weight is 281 g/mol. The van der Waals surface area contributed by atoms with Gasteiger partial charge in [-0.25, -0.2) is 8.78 Å². The summed E-state index contributed by atoms with van der Waals surface area (Å²) in [5.74, 6) is 4.26. The van der Waals surface area contributed by atoms with Gasteiger partial charge in [0.1, 0.15) is 12.3 Å². The van der Waals surface area contributed by atoms with Gasteiger partial charge in [0, 0.05) is 5.92 Å². The molecule has 1 aliphatic carbocycles. The first-order chi connectivity index (χ1) is 9.63. The summed E-state index contributed by atoms with van der Waals surface area (Å²) in [5.41, 5.74) is 0. The van der Waals surface area contributed by atoms with Gasteiger partial charge >= 0.3 is 0 Å². The van der Waals surface area contributed by atoms with Crippen LogP contribution < -0.4 is 0 Å². The highest BCUT2D eigenvalue weighted by Crippen LogP contribution is 2.40. The van der Waals surface area contributed by atoms with Gasteiger partial charge in [0.2, 0.25) is 0 Å². The van der Waals surface area contributed by atoms with Crippen molar-refractivity contribution in [3.8, 4) is 17.9 Å². The van der Waals surface area contributed by atoms with E-state index in [0.29, 0.717) is 18.8 Å². The van der Waals surface area contributed by atoms with Crippen molar-refractivity contribution in [3.63, 3.8) is 0 Å². The molecule has 0 aliphatic heterocycles. The van der Waals surface area contributed by atoms with Crippen LogP contribution in [0.5, 0.6) is 0 Å². The molecular formula is C17H25F2N. The molecule has 0 saturated heterocycles. The number of nitriles is 1. The molecule has 0 bridgehead atoms. The Morgan fingerprint density at radius 1 is 1.10 bits per heavy atom. The summed E-state index contributed by atoms with van der Waals surface area (Å²) in [6.07, 6.45) is 3.79. The van der Waals surface area contributed by atoms with Gasteiger partial charge < -0.3 is 0 Å². The summed E-state index contributed by atoms with van der Waals surface area (Å²) < 4.78 is 28.3. The fraction of sp³-hybridized carbons (Fsp3) is 0.824. The second kappa shape index (κ2) is 8.96. The van der Waals surface area contributed by atoms with Crippen LogP contribution in [0.25, 0.3) is 0 Å². The average Bonchev–Trinajstić information content (AvgIpc) is 2.42. The van der Waals surface area contributed by atoms with Crippen LogP contribution in [0.15, 0.2) is 0 Å². The minimum absolute atomic E-state index is 0.131. The Bertz CT molecular complexity index is 365. The van der Waals surface area contributed by atoms with Crippen LogP contribution in [0.3, 0.4) is 0 Å². The second-order valence-electron chi connectivity index (χ2n) is 5.86. The summed E-state index contributed by atoms with van der Waals surface area (Å²) in [4.78, 5) is 0. The van der Waals surface area contributed by atoms with E-state index in [2.05, 4.69) is 25.7 Å². The Morgan fingerprint density at radius 2 is 1.75 bits per heavy atom. The molecule has 0 amide bonds. The molecule has 3 atom stereocenters. The standard InChI is InChI=1S/C17H25F2N/c1-3-5-8-13(7-4-2)14-11-16(18)15(9-6-10-20)17(19)12-14/h13-17H,3-5,7-8,11-12H2,1-2H3. The lowest BCUT2D eigenvalue weighted by Gasteiger charge is -2.36. The van der Waals surface area contributed by atoms with E-state index in [1.807, 2.05) is 0 Å². The number of hydrogen-bond donors (Lipinski definition) is 0. The van der Waals surface area contributed by atoms with E-state index in [9.17, 15) is 8.78 Å². The van der Waals surface area contributed by atoms with Crippen LogP contribution in [0.1, 0.15) is 58.8 Å². The first-order valence-corrected chi connectivity index (χ1v) is 7.81. The van der Waals surface area contributed by atoms with E-state index in [4.69, 9.17) is 5.26 Å². The topological polar surface area (TPSA) is 23.8 Å². The van der Waals surface area contributed by atoms with Crippen LogP contribution in [0, 0.1) is 40.9 Å². The zero-order valence-corrected chi connectivity index (χ0v) is 12.5. The molecule has 0 aromatic rings. The summed E-state index contributed by atoms with van der Waals surface area (Å²) in [5, 5.41) is 8.41.